The molecule has 0 rings (SSSR count). The van der Waals surface area contributed by atoms with E-state index >= 15 is 0 Å². The van der Waals surface area contributed by atoms with Crippen LogP contribution in [0.25, 0.3) is 0 Å². The lowest BCUT2D eigenvalue weighted by Gasteiger charge is -2.30. The molecule has 0 bridgehead atoms. The van der Waals surface area contributed by atoms with Gasteiger partial charge in [0.05, 0.1) is 12.7 Å². The highest BCUT2D eigenvalue weighted by atomic mass is 32.2. The van der Waals surface area contributed by atoms with Crippen molar-refractivity contribution in [2.24, 2.45) is 0 Å². The molecule has 0 aliphatic rings. The van der Waals surface area contributed by atoms with Gasteiger partial charge in [-0.3, -0.25) is 0 Å². The summed E-state index contributed by atoms with van der Waals surface area (Å²) in [5, 5.41) is 21.0. The minimum Gasteiger partial charge on any atom is -0.394 e. The van der Waals surface area contributed by atoms with Gasteiger partial charge in [0.2, 0.25) is 0 Å². The van der Waals surface area contributed by atoms with E-state index in [9.17, 15) is 0 Å². The van der Waals surface area contributed by atoms with Crippen LogP contribution in [0, 0.1) is 0 Å². The summed E-state index contributed by atoms with van der Waals surface area (Å²) in [6.07, 6.45) is 3.72. The van der Waals surface area contributed by atoms with Gasteiger partial charge in [-0.05, 0) is 19.1 Å². The van der Waals surface area contributed by atoms with E-state index in [1.165, 1.54) is 0 Å². The minimum atomic E-state index is -0.636. The van der Waals surface area contributed by atoms with Crippen molar-refractivity contribution < 1.29 is 10.2 Å². The molecular weight excluding hydrogens is 198 g/mol. The molecule has 4 heteroatoms. The summed E-state index contributed by atoms with van der Waals surface area (Å²) in [6.45, 7) is 5.56. The van der Waals surface area contributed by atoms with Crippen molar-refractivity contribution in [1.29, 1.82) is 0 Å². The Labute approximate surface area is 91.3 Å². The second kappa shape index (κ2) is 7.51. The smallest absolute Gasteiger partial charge is 0.0894 e. The largest absolute Gasteiger partial charge is 0.394 e. The van der Waals surface area contributed by atoms with Crippen LogP contribution in [0.1, 0.15) is 26.7 Å². The van der Waals surface area contributed by atoms with Crippen LogP contribution in [-0.4, -0.2) is 47.0 Å². The van der Waals surface area contributed by atoms with Gasteiger partial charge < -0.3 is 15.5 Å². The lowest BCUT2D eigenvalue weighted by atomic mass is 10.0. The first kappa shape index (κ1) is 14.2. The zero-order valence-electron chi connectivity index (χ0n) is 9.42. The van der Waals surface area contributed by atoms with Gasteiger partial charge in [0, 0.05) is 17.8 Å². The van der Waals surface area contributed by atoms with Gasteiger partial charge in [0.1, 0.15) is 0 Å². The van der Waals surface area contributed by atoms with E-state index < -0.39 is 6.10 Å². The predicted octanol–water partition coefficient (Wildman–Crippen LogP) is 0.851. The number of aliphatic hydroxyl groups is 2. The standard InChI is InChI=1S/C10H23NO2S/c1-4-10(5-2,14-3)8-11-6-9(13)7-12/h9,11-13H,4-8H2,1-3H3. The fourth-order valence-electron chi connectivity index (χ4n) is 1.39. The topological polar surface area (TPSA) is 52.5 Å². The Morgan fingerprint density at radius 2 is 1.93 bits per heavy atom. The van der Waals surface area contributed by atoms with Crippen LogP contribution in [0.5, 0.6) is 0 Å². The maximum Gasteiger partial charge on any atom is 0.0894 e. The van der Waals surface area contributed by atoms with Crippen molar-refractivity contribution in [3.8, 4) is 0 Å². The molecule has 0 aromatic heterocycles. The molecule has 0 aromatic rings. The lowest BCUT2D eigenvalue weighted by Crippen LogP contribution is -2.40. The molecule has 0 aliphatic heterocycles. The zero-order valence-corrected chi connectivity index (χ0v) is 10.2. The van der Waals surface area contributed by atoms with E-state index in [2.05, 4.69) is 25.4 Å². The Bertz CT molecular complexity index is 132. The number of hydrogen-bond acceptors (Lipinski definition) is 4. The highest BCUT2D eigenvalue weighted by Gasteiger charge is 2.24. The Balaban J connectivity index is 3.82. The molecular formula is C10H23NO2S. The average Bonchev–Trinajstić information content (AvgIpc) is 2.25. The van der Waals surface area contributed by atoms with Gasteiger partial charge in [0.25, 0.3) is 0 Å². The van der Waals surface area contributed by atoms with Crippen LogP contribution in [0.15, 0.2) is 0 Å². The Kier molecular flexibility index (Phi) is 7.64. The molecule has 0 aliphatic carbocycles. The second-order valence-corrected chi connectivity index (χ2v) is 4.84. The first-order valence-corrected chi connectivity index (χ1v) is 6.41. The van der Waals surface area contributed by atoms with Crippen LogP contribution in [0.2, 0.25) is 0 Å². The third-order valence-corrected chi connectivity index (χ3v) is 4.35. The van der Waals surface area contributed by atoms with E-state index in [1.807, 2.05) is 11.8 Å². The summed E-state index contributed by atoms with van der Waals surface area (Å²) in [5.41, 5.74) is 0. The highest BCUT2D eigenvalue weighted by Crippen LogP contribution is 2.29. The predicted molar refractivity (Wildman–Crippen MR) is 62.8 cm³/mol. The van der Waals surface area contributed by atoms with E-state index in [4.69, 9.17) is 10.2 Å². The molecule has 0 saturated carbocycles. The van der Waals surface area contributed by atoms with Gasteiger partial charge in [-0.2, -0.15) is 11.8 Å². The molecule has 3 N–H and O–H groups in total. The number of hydrogen-bond donors (Lipinski definition) is 3. The van der Waals surface area contributed by atoms with Gasteiger partial charge in [-0.25, -0.2) is 0 Å². The fourth-order valence-corrected chi connectivity index (χ4v) is 2.22. The quantitative estimate of drug-likeness (QED) is 0.569. The molecule has 1 unspecified atom stereocenters. The van der Waals surface area contributed by atoms with E-state index in [-0.39, 0.29) is 11.4 Å². The Morgan fingerprint density at radius 1 is 1.36 bits per heavy atom. The Morgan fingerprint density at radius 3 is 2.29 bits per heavy atom. The van der Waals surface area contributed by atoms with E-state index in [1.54, 1.807) is 0 Å². The molecule has 86 valence electrons. The normalized spacial score (nSPS) is 14.4. The Hall–Kier alpha value is 0.230. The third kappa shape index (κ3) is 4.64. The number of nitrogens with one attached hydrogen (secondary N) is 1. The molecule has 0 saturated heterocycles. The van der Waals surface area contributed by atoms with Crippen molar-refractivity contribution in [2.75, 3.05) is 26.0 Å². The third-order valence-electron chi connectivity index (χ3n) is 2.76. The molecule has 0 radical (unpaired) electrons. The first-order valence-electron chi connectivity index (χ1n) is 5.19. The number of rotatable bonds is 8. The fraction of sp³-hybridized carbons (Fsp3) is 1.00. The van der Waals surface area contributed by atoms with Crippen molar-refractivity contribution in [1.82, 2.24) is 5.32 Å². The first-order chi connectivity index (χ1) is 6.64. The summed E-state index contributed by atoms with van der Waals surface area (Å²) >= 11 is 1.87. The second-order valence-electron chi connectivity index (χ2n) is 3.56. The average molecular weight is 221 g/mol. The van der Waals surface area contributed by atoms with Crippen LogP contribution in [-0.2, 0) is 0 Å². The molecule has 0 amide bonds. The van der Waals surface area contributed by atoms with E-state index in [0.29, 0.717) is 6.54 Å². The zero-order chi connectivity index (χ0) is 11.0. The highest BCUT2D eigenvalue weighted by molar-refractivity contribution is 8.00. The molecule has 0 aromatic carbocycles. The molecule has 0 heterocycles. The minimum absolute atomic E-state index is 0.169. The summed E-state index contributed by atoms with van der Waals surface area (Å²) in [5.74, 6) is 0. The van der Waals surface area contributed by atoms with Gasteiger partial charge >= 0.3 is 0 Å². The van der Waals surface area contributed by atoms with Crippen molar-refractivity contribution in [3.05, 3.63) is 0 Å². The van der Waals surface area contributed by atoms with Crippen molar-refractivity contribution in [3.63, 3.8) is 0 Å². The molecule has 0 spiro atoms. The van der Waals surface area contributed by atoms with Crippen LogP contribution < -0.4 is 5.32 Å². The van der Waals surface area contributed by atoms with Crippen LogP contribution in [0.3, 0.4) is 0 Å². The monoisotopic (exact) mass is 221 g/mol. The summed E-state index contributed by atoms with van der Waals surface area (Å²) < 4.78 is 0.273. The summed E-state index contributed by atoms with van der Waals surface area (Å²) in [7, 11) is 0. The summed E-state index contributed by atoms with van der Waals surface area (Å²) in [4.78, 5) is 0. The van der Waals surface area contributed by atoms with Crippen molar-refractivity contribution >= 4 is 11.8 Å². The van der Waals surface area contributed by atoms with Crippen molar-refractivity contribution in [2.45, 2.75) is 37.5 Å². The number of thioether (sulfide) groups is 1. The van der Waals surface area contributed by atoms with E-state index in [0.717, 1.165) is 19.4 Å². The lowest BCUT2D eigenvalue weighted by molar-refractivity contribution is 0.0939. The maximum absolute atomic E-state index is 9.15. The molecule has 1 atom stereocenters. The van der Waals surface area contributed by atoms with Crippen LogP contribution in [0.4, 0.5) is 0 Å². The SMILES string of the molecule is CCC(CC)(CNCC(O)CO)SC. The molecule has 3 nitrogen and oxygen atoms in total. The molecule has 0 fully saturated rings. The molecule has 14 heavy (non-hydrogen) atoms. The van der Waals surface area contributed by atoms with Gasteiger partial charge in [-0.15, -0.1) is 0 Å². The van der Waals surface area contributed by atoms with Gasteiger partial charge in [0.15, 0.2) is 0 Å². The number of aliphatic hydroxyl groups excluding tert-OH is 2. The summed E-state index contributed by atoms with van der Waals surface area (Å²) in [6, 6.07) is 0. The van der Waals surface area contributed by atoms with Crippen LogP contribution >= 0.6 is 11.8 Å². The maximum atomic E-state index is 9.15. The van der Waals surface area contributed by atoms with Gasteiger partial charge in [-0.1, -0.05) is 13.8 Å².